The molecule has 0 saturated heterocycles. The maximum atomic E-state index is 9.67. The topological polar surface area (TPSA) is 219 Å². The molecule has 3 aromatic heterocycles. The Morgan fingerprint density at radius 1 is 0.633 bits per heavy atom. The predicted octanol–water partition coefficient (Wildman–Crippen LogP) is -4.20. The van der Waals surface area contributed by atoms with Crippen LogP contribution in [0.1, 0.15) is 0 Å². The zero-order valence-electron chi connectivity index (χ0n) is 15.3. The Morgan fingerprint density at radius 3 is 1.00 bits per heavy atom. The Bertz CT molecular complexity index is 690. The molecule has 15 heteroatoms. The Morgan fingerprint density at radius 2 is 0.867 bits per heavy atom. The summed E-state index contributed by atoms with van der Waals surface area (Å²) in [5.41, 5.74) is 0. The van der Waals surface area contributed by atoms with Crippen molar-refractivity contribution in [3.8, 4) is 17.8 Å². The SMILES string of the molecule is O.O=C([O-])Oc1ccco1.O=C([O-])Oc1ccco1.O=C([O-])Oc1ccco1.[Ca+2].[Na+]. The van der Waals surface area contributed by atoms with Crippen molar-refractivity contribution >= 4 is 56.2 Å². The third kappa shape index (κ3) is 16.8. The van der Waals surface area contributed by atoms with Gasteiger partial charge in [0, 0.05) is 18.2 Å². The number of ether oxygens (including phenoxy) is 3. The molecule has 3 heterocycles. The van der Waals surface area contributed by atoms with Crippen LogP contribution in [-0.2, 0) is 0 Å². The first-order chi connectivity index (χ1) is 12.9. The normalized spacial score (nSPS) is 8.00. The van der Waals surface area contributed by atoms with Crippen LogP contribution in [0.25, 0.3) is 0 Å². The number of hydrogen-bond donors (Lipinski definition) is 0. The molecule has 30 heavy (non-hydrogen) atoms. The summed E-state index contributed by atoms with van der Waals surface area (Å²) in [4.78, 5) is 29.0. The second-order valence-electron chi connectivity index (χ2n) is 3.85. The fraction of sp³-hybridized carbons (Fsp3) is 0. The van der Waals surface area contributed by atoms with Gasteiger partial charge < -0.3 is 62.6 Å². The molecule has 0 bridgehead atoms. The molecule has 2 N–H and O–H groups in total. The van der Waals surface area contributed by atoms with Crippen LogP contribution in [0.3, 0.4) is 0 Å². The number of rotatable bonds is 3. The van der Waals surface area contributed by atoms with Crippen LogP contribution < -0.4 is 59.1 Å². The zero-order chi connectivity index (χ0) is 20.1. The molecule has 3 rings (SSSR count). The summed E-state index contributed by atoms with van der Waals surface area (Å²) in [5, 5.41) is 29.0. The minimum atomic E-state index is -1.62. The molecular weight excluding hydrogens is 451 g/mol. The van der Waals surface area contributed by atoms with Crippen LogP contribution in [0.4, 0.5) is 14.4 Å². The van der Waals surface area contributed by atoms with E-state index in [0.717, 1.165) is 0 Å². The van der Waals surface area contributed by atoms with Crippen LogP contribution in [0.2, 0.25) is 0 Å². The van der Waals surface area contributed by atoms with Crippen molar-refractivity contribution in [1.82, 2.24) is 0 Å². The Hall–Kier alpha value is -2.13. The fourth-order valence-electron chi connectivity index (χ4n) is 1.21. The van der Waals surface area contributed by atoms with E-state index in [1.54, 1.807) is 0 Å². The van der Waals surface area contributed by atoms with Crippen molar-refractivity contribution in [2.45, 2.75) is 0 Å². The molecule has 0 aliphatic rings. The van der Waals surface area contributed by atoms with Crippen molar-refractivity contribution in [3.63, 3.8) is 0 Å². The van der Waals surface area contributed by atoms with Gasteiger partial charge in [0.2, 0.25) is 17.8 Å². The molecule has 3 aromatic rings. The third-order valence-corrected chi connectivity index (χ3v) is 2.04. The van der Waals surface area contributed by atoms with E-state index in [2.05, 4.69) is 27.5 Å². The molecular formula is C15H11CaNaO13. The average Bonchev–Trinajstić information content (AvgIpc) is 3.30. The molecule has 0 fully saturated rings. The summed E-state index contributed by atoms with van der Waals surface area (Å²) in [6.07, 6.45) is -0.950. The smallest absolute Gasteiger partial charge is 0.484 e. The second-order valence-corrected chi connectivity index (χ2v) is 3.85. The van der Waals surface area contributed by atoms with E-state index >= 15 is 0 Å². The Balaban J connectivity index is -0.000000347. The molecule has 0 saturated carbocycles. The van der Waals surface area contributed by atoms with Gasteiger partial charge >= 0.3 is 67.3 Å². The van der Waals surface area contributed by atoms with Gasteiger partial charge in [-0.2, -0.15) is 0 Å². The monoisotopic (exact) mass is 462 g/mol. The second kappa shape index (κ2) is 18.9. The number of carbonyl (C=O) groups is 3. The van der Waals surface area contributed by atoms with E-state index in [0.29, 0.717) is 0 Å². The van der Waals surface area contributed by atoms with Crippen molar-refractivity contribution < 1.29 is 92.2 Å². The van der Waals surface area contributed by atoms with Gasteiger partial charge in [-0.3, -0.25) is 0 Å². The Labute approximate surface area is 219 Å². The van der Waals surface area contributed by atoms with Crippen LogP contribution in [0.5, 0.6) is 17.8 Å². The molecule has 0 atom stereocenters. The Kier molecular flexibility index (Phi) is 20.5. The molecule has 0 aromatic carbocycles. The van der Waals surface area contributed by atoms with Gasteiger partial charge in [-0.25, -0.2) is 0 Å². The first-order valence-electron chi connectivity index (χ1n) is 6.63. The quantitative estimate of drug-likeness (QED) is 0.267. The molecule has 0 spiro atoms. The van der Waals surface area contributed by atoms with Gasteiger partial charge in [0.15, 0.2) is 0 Å². The van der Waals surface area contributed by atoms with Crippen molar-refractivity contribution in [2.24, 2.45) is 0 Å². The van der Waals surface area contributed by atoms with E-state index in [9.17, 15) is 29.7 Å². The molecule has 0 amide bonds. The van der Waals surface area contributed by atoms with E-state index in [1.807, 2.05) is 0 Å². The van der Waals surface area contributed by atoms with Crippen LogP contribution in [-0.4, -0.2) is 61.7 Å². The maximum Gasteiger partial charge on any atom is 2.00 e. The van der Waals surface area contributed by atoms with Crippen molar-refractivity contribution in [1.29, 1.82) is 0 Å². The van der Waals surface area contributed by atoms with Gasteiger partial charge in [0.1, 0.15) is 0 Å². The van der Waals surface area contributed by atoms with E-state index in [1.165, 1.54) is 55.2 Å². The largest absolute Gasteiger partial charge is 2.00 e. The first kappa shape index (κ1) is 32.5. The summed E-state index contributed by atoms with van der Waals surface area (Å²) in [6.45, 7) is 0. The van der Waals surface area contributed by atoms with E-state index < -0.39 is 18.5 Å². The zero-order valence-corrected chi connectivity index (χ0v) is 19.5. The van der Waals surface area contributed by atoms with Gasteiger partial charge in [0.25, 0.3) is 18.5 Å². The third-order valence-electron chi connectivity index (χ3n) is 2.04. The number of furan rings is 3. The van der Waals surface area contributed by atoms with E-state index in [-0.39, 0.29) is 90.6 Å². The van der Waals surface area contributed by atoms with Gasteiger partial charge in [-0.05, 0) is 18.2 Å². The summed E-state index contributed by atoms with van der Waals surface area (Å²) < 4.78 is 25.5. The minimum absolute atomic E-state index is 0. The number of carboxylic acid groups (broad SMARTS) is 3. The summed E-state index contributed by atoms with van der Waals surface area (Å²) in [7, 11) is 0. The molecule has 0 aliphatic carbocycles. The molecule has 0 aliphatic heterocycles. The maximum absolute atomic E-state index is 9.67. The minimum Gasteiger partial charge on any atom is -0.484 e. The van der Waals surface area contributed by atoms with E-state index in [4.69, 9.17) is 0 Å². The average molecular weight is 462 g/mol. The standard InChI is InChI=1S/3C5H4O4.Ca.Na.H2O/c3*6-5(7)9-4-2-1-3-8-4;;;/h3*1-3H,(H,6,7);;;1H2/q;;;+2;+1;/p-3. The van der Waals surface area contributed by atoms with Crippen LogP contribution in [0, 0.1) is 0 Å². The fourth-order valence-corrected chi connectivity index (χ4v) is 1.21. The summed E-state index contributed by atoms with van der Waals surface area (Å²) >= 11 is 0. The number of carbonyl (C=O) groups excluding carboxylic acids is 3. The van der Waals surface area contributed by atoms with Gasteiger partial charge in [-0.15, -0.1) is 0 Å². The first-order valence-corrected chi connectivity index (χ1v) is 6.63. The van der Waals surface area contributed by atoms with Crippen molar-refractivity contribution in [3.05, 3.63) is 55.2 Å². The molecule has 0 radical (unpaired) electrons. The summed E-state index contributed by atoms with van der Waals surface area (Å²) in [6, 6.07) is 8.65. The number of hydrogen-bond acceptors (Lipinski definition) is 12. The van der Waals surface area contributed by atoms with Gasteiger partial charge in [-0.1, -0.05) is 0 Å². The molecule has 13 nitrogen and oxygen atoms in total. The van der Waals surface area contributed by atoms with Crippen LogP contribution in [0.15, 0.2) is 68.4 Å². The van der Waals surface area contributed by atoms with Gasteiger partial charge in [0.05, 0.1) is 18.8 Å². The van der Waals surface area contributed by atoms with Crippen molar-refractivity contribution in [2.75, 3.05) is 0 Å². The van der Waals surface area contributed by atoms with Crippen LogP contribution >= 0.6 is 0 Å². The molecule has 152 valence electrons. The summed E-state index contributed by atoms with van der Waals surface area (Å²) in [5.74, 6) is -0.222. The molecule has 0 unspecified atom stereocenters. The predicted molar refractivity (Wildman–Crippen MR) is 83.6 cm³/mol.